The number of likely N-dealkylation sites (N-methyl/N-ethyl adjacent to an activating group) is 1. The second-order valence-electron chi connectivity index (χ2n) is 3.36. The molecule has 0 heterocycles. The second kappa shape index (κ2) is 6.50. The van der Waals surface area contributed by atoms with Gasteiger partial charge in [-0.2, -0.15) is 16.8 Å². The van der Waals surface area contributed by atoms with Crippen molar-refractivity contribution in [3.63, 3.8) is 0 Å². The summed E-state index contributed by atoms with van der Waals surface area (Å²) in [6.07, 6.45) is 1.94. The third-order valence-corrected chi connectivity index (χ3v) is 2.73. The van der Waals surface area contributed by atoms with E-state index in [1.807, 2.05) is 0 Å². The summed E-state index contributed by atoms with van der Waals surface area (Å²) in [6.45, 7) is 0.822. The van der Waals surface area contributed by atoms with Gasteiger partial charge in [0.15, 0.2) is 0 Å². The van der Waals surface area contributed by atoms with Crippen LogP contribution in [0, 0.1) is 0 Å². The Bertz CT molecular complexity index is 349. The first-order valence-electron chi connectivity index (χ1n) is 4.47. The molecule has 0 saturated heterocycles. The lowest BCUT2D eigenvalue weighted by Gasteiger charge is -2.15. The van der Waals surface area contributed by atoms with Crippen molar-refractivity contribution in [3.05, 3.63) is 0 Å². The maximum atomic E-state index is 10.6. The van der Waals surface area contributed by atoms with Crippen LogP contribution in [-0.2, 0) is 28.6 Å². The Labute approximate surface area is 96.6 Å². The van der Waals surface area contributed by atoms with E-state index in [2.05, 4.69) is 8.37 Å². The number of rotatable bonds is 8. The monoisotopic (exact) mass is 275 g/mol. The summed E-state index contributed by atoms with van der Waals surface area (Å²) >= 11 is 0. The molecule has 0 spiro atoms. The fraction of sp³-hybridized carbons (Fsp3) is 1.00. The SMILES string of the molecule is CN(CCOS(C)(=O)=O)CCOS(C)(=O)=O. The zero-order valence-corrected chi connectivity index (χ0v) is 11.2. The Kier molecular flexibility index (Phi) is 6.41. The third kappa shape index (κ3) is 11.9. The highest BCUT2D eigenvalue weighted by Gasteiger charge is 2.05. The lowest BCUT2D eigenvalue weighted by atomic mass is 10.5. The van der Waals surface area contributed by atoms with Gasteiger partial charge in [-0.1, -0.05) is 0 Å². The molecule has 0 saturated carbocycles. The normalized spacial score (nSPS) is 13.2. The number of hydrogen-bond donors (Lipinski definition) is 0. The molecular formula is C7H17NO6S2. The Morgan fingerprint density at radius 1 is 0.875 bits per heavy atom. The van der Waals surface area contributed by atoms with E-state index < -0.39 is 20.2 Å². The van der Waals surface area contributed by atoms with Gasteiger partial charge in [-0.15, -0.1) is 0 Å². The molecule has 0 bridgehead atoms. The molecule has 16 heavy (non-hydrogen) atoms. The first kappa shape index (κ1) is 15.8. The van der Waals surface area contributed by atoms with Gasteiger partial charge >= 0.3 is 0 Å². The van der Waals surface area contributed by atoms with Crippen molar-refractivity contribution >= 4 is 20.2 Å². The molecule has 0 aromatic rings. The van der Waals surface area contributed by atoms with E-state index in [4.69, 9.17) is 0 Å². The quantitative estimate of drug-likeness (QED) is 0.518. The zero-order chi connectivity index (χ0) is 12.8. The molecule has 0 aromatic carbocycles. The highest BCUT2D eigenvalue weighted by molar-refractivity contribution is 7.86. The topological polar surface area (TPSA) is 90.0 Å². The van der Waals surface area contributed by atoms with Gasteiger partial charge < -0.3 is 4.90 Å². The van der Waals surface area contributed by atoms with Crippen molar-refractivity contribution in [3.8, 4) is 0 Å². The molecule has 0 aliphatic carbocycles. The zero-order valence-electron chi connectivity index (χ0n) is 9.54. The molecule has 0 N–H and O–H groups in total. The van der Waals surface area contributed by atoms with Crippen molar-refractivity contribution < 1.29 is 25.2 Å². The van der Waals surface area contributed by atoms with E-state index in [9.17, 15) is 16.8 Å². The molecule has 7 nitrogen and oxygen atoms in total. The maximum Gasteiger partial charge on any atom is 0.264 e. The summed E-state index contributed by atoms with van der Waals surface area (Å²) in [5.74, 6) is 0. The minimum Gasteiger partial charge on any atom is -0.302 e. The van der Waals surface area contributed by atoms with Crippen molar-refractivity contribution in [2.75, 3.05) is 45.9 Å². The van der Waals surface area contributed by atoms with Crippen LogP contribution in [0.15, 0.2) is 0 Å². The van der Waals surface area contributed by atoms with Crippen molar-refractivity contribution in [2.24, 2.45) is 0 Å². The van der Waals surface area contributed by atoms with Gasteiger partial charge in [0.25, 0.3) is 20.2 Å². The minimum absolute atomic E-state index is 0.0359. The summed E-state index contributed by atoms with van der Waals surface area (Å²) in [6, 6.07) is 0. The van der Waals surface area contributed by atoms with Crippen LogP contribution in [0.4, 0.5) is 0 Å². The van der Waals surface area contributed by atoms with Crippen LogP contribution < -0.4 is 0 Å². The lowest BCUT2D eigenvalue weighted by molar-refractivity contribution is 0.208. The fourth-order valence-corrected chi connectivity index (χ4v) is 1.56. The Hall–Kier alpha value is -0.220. The van der Waals surface area contributed by atoms with Gasteiger partial charge in [-0.25, -0.2) is 0 Å². The first-order valence-corrected chi connectivity index (χ1v) is 8.11. The summed E-state index contributed by atoms with van der Waals surface area (Å²) < 4.78 is 51.5. The van der Waals surface area contributed by atoms with Crippen LogP contribution in [0.2, 0.25) is 0 Å². The first-order chi connectivity index (χ1) is 7.10. The van der Waals surface area contributed by atoms with Crippen molar-refractivity contribution in [1.82, 2.24) is 4.90 Å². The number of hydrogen-bond acceptors (Lipinski definition) is 7. The lowest BCUT2D eigenvalue weighted by Crippen LogP contribution is -2.28. The van der Waals surface area contributed by atoms with Crippen LogP contribution in [0.5, 0.6) is 0 Å². The smallest absolute Gasteiger partial charge is 0.264 e. The van der Waals surface area contributed by atoms with Crippen molar-refractivity contribution in [2.45, 2.75) is 0 Å². The molecule has 0 radical (unpaired) electrons. The average Bonchev–Trinajstić information content (AvgIpc) is 1.98. The van der Waals surface area contributed by atoms with Gasteiger partial charge in [0.1, 0.15) is 0 Å². The van der Waals surface area contributed by atoms with Crippen LogP contribution in [0.3, 0.4) is 0 Å². The molecule has 0 aromatic heterocycles. The highest BCUT2D eigenvalue weighted by atomic mass is 32.2. The Morgan fingerprint density at radius 2 is 1.19 bits per heavy atom. The van der Waals surface area contributed by atoms with E-state index >= 15 is 0 Å². The molecule has 0 aliphatic heterocycles. The molecule has 0 aliphatic rings. The van der Waals surface area contributed by atoms with E-state index in [1.165, 1.54) is 0 Å². The molecule has 9 heteroatoms. The molecule has 0 unspecified atom stereocenters. The van der Waals surface area contributed by atoms with Crippen LogP contribution in [0.25, 0.3) is 0 Å². The van der Waals surface area contributed by atoms with E-state index in [0.29, 0.717) is 13.1 Å². The molecule has 0 amide bonds. The Balaban J connectivity index is 3.64. The third-order valence-electron chi connectivity index (χ3n) is 1.54. The summed E-state index contributed by atoms with van der Waals surface area (Å²) in [5.41, 5.74) is 0. The van der Waals surface area contributed by atoms with E-state index in [0.717, 1.165) is 12.5 Å². The fourth-order valence-electron chi connectivity index (χ4n) is 0.801. The molecule has 0 fully saturated rings. The summed E-state index contributed by atoms with van der Waals surface area (Å²) in [4.78, 5) is 1.70. The van der Waals surface area contributed by atoms with Gasteiger partial charge in [0.05, 0.1) is 25.7 Å². The van der Waals surface area contributed by atoms with E-state index in [1.54, 1.807) is 11.9 Å². The van der Waals surface area contributed by atoms with Crippen LogP contribution in [-0.4, -0.2) is 67.6 Å². The van der Waals surface area contributed by atoms with Gasteiger partial charge in [0, 0.05) is 13.1 Å². The largest absolute Gasteiger partial charge is 0.302 e. The van der Waals surface area contributed by atoms with Gasteiger partial charge in [-0.05, 0) is 7.05 Å². The van der Waals surface area contributed by atoms with Crippen molar-refractivity contribution in [1.29, 1.82) is 0 Å². The predicted molar refractivity (Wildman–Crippen MR) is 59.1 cm³/mol. The molecule has 0 rings (SSSR count). The van der Waals surface area contributed by atoms with E-state index in [-0.39, 0.29) is 13.2 Å². The predicted octanol–water partition coefficient (Wildman–Crippen LogP) is -1.13. The standard InChI is InChI=1S/C7H17NO6S2/c1-8(4-6-13-15(2,9)10)5-7-14-16(3,11)12/h4-7H2,1-3H3. The van der Waals surface area contributed by atoms with Crippen LogP contribution in [0.1, 0.15) is 0 Å². The average molecular weight is 275 g/mol. The summed E-state index contributed by atoms with van der Waals surface area (Å²) in [5, 5.41) is 0. The molecule has 0 atom stereocenters. The highest BCUT2D eigenvalue weighted by Crippen LogP contribution is 1.91. The maximum absolute atomic E-state index is 10.6. The molecule has 98 valence electrons. The Morgan fingerprint density at radius 3 is 1.44 bits per heavy atom. The van der Waals surface area contributed by atoms with Gasteiger partial charge in [-0.3, -0.25) is 8.37 Å². The second-order valence-corrected chi connectivity index (χ2v) is 6.64. The minimum atomic E-state index is -3.42. The molecular weight excluding hydrogens is 258 g/mol. The summed E-state index contributed by atoms with van der Waals surface area (Å²) in [7, 11) is -5.13. The number of nitrogens with zero attached hydrogens (tertiary/aromatic N) is 1. The van der Waals surface area contributed by atoms with Crippen LogP contribution >= 0.6 is 0 Å². The van der Waals surface area contributed by atoms with Gasteiger partial charge in [0.2, 0.25) is 0 Å².